The van der Waals surface area contributed by atoms with E-state index in [0.29, 0.717) is 31.1 Å². The van der Waals surface area contributed by atoms with E-state index in [-0.39, 0.29) is 5.97 Å². The van der Waals surface area contributed by atoms with E-state index in [4.69, 9.17) is 9.47 Å². The van der Waals surface area contributed by atoms with Gasteiger partial charge in [-0.1, -0.05) is 37.3 Å². The second-order valence-corrected chi connectivity index (χ2v) is 5.94. The minimum Gasteiger partial charge on any atom is -0.488 e. The van der Waals surface area contributed by atoms with Gasteiger partial charge in [0, 0.05) is 25.2 Å². The van der Waals surface area contributed by atoms with Crippen molar-refractivity contribution in [3.63, 3.8) is 0 Å². The highest BCUT2D eigenvalue weighted by atomic mass is 16.5. The Bertz CT molecular complexity index is 715. The van der Waals surface area contributed by atoms with Crippen molar-refractivity contribution < 1.29 is 19.1 Å². The summed E-state index contributed by atoms with van der Waals surface area (Å²) in [6, 6.07) is 15.3. The molecule has 2 rings (SSSR count). The van der Waals surface area contributed by atoms with Crippen molar-refractivity contribution >= 4 is 17.9 Å². The molecule has 0 fully saturated rings. The third kappa shape index (κ3) is 5.92. The normalized spacial score (nSPS) is 10.2. The molecule has 26 heavy (non-hydrogen) atoms. The molecule has 0 saturated carbocycles. The Labute approximate surface area is 154 Å². The average molecular weight is 355 g/mol. The van der Waals surface area contributed by atoms with Crippen molar-refractivity contribution in [1.29, 1.82) is 0 Å². The predicted molar refractivity (Wildman–Crippen MR) is 102 cm³/mol. The molecule has 0 unspecified atom stereocenters. The van der Waals surface area contributed by atoms with Gasteiger partial charge < -0.3 is 14.4 Å². The molecule has 0 aliphatic heterocycles. The van der Waals surface area contributed by atoms with Crippen LogP contribution in [-0.4, -0.2) is 32.0 Å². The van der Waals surface area contributed by atoms with Crippen molar-refractivity contribution in [3.8, 4) is 5.75 Å². The van der Waals surface area contributed by atoms with Crippen LogP contribution in [0.4, 0.5) is 5.69 Å². The lowest BCUT2D eigenvalue weighted by Gasteiger charge is -2.25. The number of carbonyl (C=O) groups excluding carboxylic acids is 2. The number of ether oxygens (including phenoxy) is 2. The summed E-state index contributed by atoms with van der Waals surface area (Å²) in [5, 5.41) is 0. The SMILES string of the molecule is CCCN(CCOC(C)=O)c1ccc(C=O)c(OCc2ccccc2)c1. The van der Waals surface area contributed by atoms with E-state index in [2.05, 4.69) is 11.8 Å². The van der Waals surface area contributed by atoms with Gasteiger partial charge in [0.1, 0.15) is 19.0 Å². The minimum absolute atomic E-state index is 0.287. The maximum atomic E-state index is 11.3. The zero-order chi connectivity index (χ0) is 18.8. The highest BCUT2D eigenvalue weighted by molar-refractivity contribution is 5.80. The van der Waals surface area contributed by atoms with Crippen LogP contribution in [0.3, 0.4) is 0 Å². The highest BCUT2D eigenvalue weighted by Gasteiger charge is 2.11. The standard InChI is InChI=1S/C21H25NO4/c1-3-11-22(12-13-25-17(2)24)20-10-9-19(15-23)21(14-20)26-16-18-7-5-4-6-8-18/h4-10,14-15H,3,11-13,16H2,1-2H3. The number of nitrogens with zero attached hydrogens (tertiary/aromatic N) is 1. The summed E-state index contributed by atoms with van der Waals surface area (Å²) in [4.78, 5) is 24.4. The van der Waals surface area contributed by atoms with Gasteiger partial charge in [-0.15, -0.1) is 0 Å². The summed E-state index contributed by atoms with van der Waals surface area (Å²) in [6.45, 7) is 5.62. The van der Waals surface area contributed by atoms with E-state index in [1.54, 1.807) is 6.07 Å². The minimum atomic E-state index is -0.287. The maximum absolute atomic E-state index is 11.3. The lowest BCUT2D eigenvalue weighted by atomic mass is 10.1. The van der Waals surface area contributed by atoms with Crippen molar-refractivity contribution in [2.75, 3.05) is 24.6 Å². The molecule has 2 aromatic carbocycles. The Hall–Kier alpha value is -2.82. The van der Waals surface area contributed by atoms with Gasteiger partial charge in [-0.3, -0.25) is 9.59 Å². The quantitative estimate of drug-likeness (QED) is 0.478. The number of hydrogen-bond donors (Lipinski definition) is 0. The number of benzene rings is 2. The molecule has 0 atom stereocenters. The van der Waals surface area contributed by atoms with Crippen molar-refractivity contribution in [1.82, 2.24) is 0 Å². The van der Waals surface area contributed by atoms with E-state index in [1.807, 2.05) is 42.5 Å². The predicted octanol–water partition coefficient (Wildman–Crippen LogP) is 3.86. The Morgan fingerprint density at radius 3 is 2.54 bits per heavy atom. The molecule has 0 spiro atoms. The van der Waals surface area contributed by atoms with Crippen LogP contribution in [0.5, 0.6) is 5.75 Å². The molecule has 0 radical (unpaired) electrons. The Balaban J connectivity index is 2.14. The second-order valence-electron chi connectivity index (χ2n) is 5.94. The molecule has 0 heterocycles. The van der Waals surface area contributed by atoms with Crippen LogP contribution < -0.4 is 9.64 Å². The Morgan fingerprint density at radius 2 is 1.88 bits per heavy atom. The first kappa shape index (κ1) is 19.5. The molecule has 0 saturated heterocycles. The van der Waals surface area contributed by atoms with Gasteiger partial charge in [-0.05, 0) is 24.1 Å². The number of esters is 1. The maximum Gasteiger partial charge on any atom is 0.302 e. The zero-order valence-corrected chi connectivity index (χ0v) is 15.3. The molecular weight excluding hydrogens is 330 g/mol. The topological polar surface area (TPSA) is 55.8 Å². The molecule has 0 aromatic heterocycles. The first-order chi connectivity index (χ1) is 12.6. The lowest BCUT2D eigenvalue weighted by molar-refractivity contribution is -0.140. The largest absolute Gasteiger partial charge is 0.488 e. The van der Waals surface area contributed by atoms with Gasteiger partial charge in [0.25, 0.3) is 0 Å². The summed E-state index contributed by atoms with van der Waals surface area (Å²) in [6.07, 6.45) is 1.75. The van der Waals surface area contributed by atoms with Crippen LogP contribution in [-0.2, 0) is 16.1 Å². The van der Waals surface area contributed by atoms with Gasteiger partial charge in [0.05, 0.1) is 12.1 Å². The third-order valence-corrected chi connectivity index (χ3v) is 3.89. The van der Waals surface area contributed by atoms with Crippen LogP contribution >= 0.6 is 0 Å². The van der Waals surface area contributed by atoms with Gasteiger partial charge in [0.15, 0.2) is 6.29 Å². The van der Waals surface area contributed by atoms with E-state index in [0.717, 1.165) is 30.5 Å². The molecule has 2 aromatic rings. The van der Waals surface area contributed by atoms with E-state index in [9.17, 15) is 9.59 Å². The lowest BCUT2D eigenvalue weighted by Crippen LogP contribution is -2.28. The molecular formula is C21H25NO4. The van der Waals surface area contributed by atoms with Crippen molar-refractivity contribution in [2.45, 2.75) is 26.9 Å². The summed E-state index contributed by atoms with van der Waals surface area (Å²) in [5.74, 6) is 0.263. The van der Waals surface area contributed by atoms with Crippen molar-refractivity contribution in [3.05, 3.63) is 59.7 Å². The summed E-state index contributed by atoms with van der Waals surface area (Å²) >= 11 is 0. The van der Waals surface area contributed by atoms with Crippen molar-refractivity contribution in [2.24, 2.45) is 0 Å². The highest BCUT2D eigenvalue weighted by Crippen LogP contribution is 2.26. The fourth-order valence-electron chi connectivity index (χ4n) is 2.62. The van der Waals surface area contributed by atoms with Crippen LogP contribution in [0.2, 0.25) is 0 Å². The summed E-state index contributed by atoms with van der Waals surface area (Å²) in [7, 11) is 0. The first-order valence-corrected chi connectivity index (χ1v) is 8.78. The monoisotopic (exact) mass is 355 g/mol. The smallest absolute Gasteiger partial charge is 0.302 e. The molecule has 0 bridgehead atoms. The van der Waals surface area contributed by atoms with Gasteiger partial charge in [0.2, 0.25) is 0 Å². The number of rotatable bonds is 10. The number of aldehydes is 1. The van der Waals surface area contributed by atoms with Crippen LogP contribution in [0, 0.1) is 0 Å². The fraction of sp³-hybridized carbons (Fsp3) is 0.333. The zero-order valence-electron chi connectivity index (χ0n) is 15.3. The number of hydrogen-bond acceptors (Lipinski definition) is 5. The number of anilines is 1. The average Bonchev–Trinajstić information content (AvgIpc) is 2.66. The molecule has 0 N–H and O–H groups in total. The molecule has 0 amide bonds. The van der Waals surface area contributed by atoms with Crippen LogP contribution in [0.15, 0.2) is 48.5 Å². The Morgan fingerprint density at radius 1 is 1.12 bits per heavy atom. The van der Waals surface area contributed by atoms with Crippen LogP contribution in [0.1, 0.15) is 36.2 Å². The molecule has 5 heteroatoms. The third-order valence-electron chi connectivity index (χ3n) is 3.89. The fourth-order valence-corrected chi connectivity index (χ4v) is 2.62. The summed E-state index contributed by atoms with van der Waals surface area (Å²) < 4.78 is 10.9. The molecule has 138 valence electrons. The van der Waals surface area contributed by atoms with Gasteiger partial charge in [-0.25, -0.2) is 0 Å². The van der Waals surface area contributed by atoms with Gasteiger partial charge >= 0.3 is 5.97 Å². The summed E-state index contributed by atoms with van der Waals surface area (Å²) in [5.41, 5.74) is 2.49. The first-order valence-electron chi connectivity index (χ1n) is 8.78. The second kappa shape index (κ2) is 10.2. The molecule has 0 aliphatic rings. The molecule has 0 aliphatic carbocycles. The molecule has 5 nitrogen and oxygen atoms in total. The number of carbonyl (C=O) groups is 2. The van der Waals surface area contributed by atoms with E-state index in [1.165, 1.54) is 6.92 Å². The van der Waals surface area contributed by atoms with E-state index < -0.39 is 0 Å². The Kier molecular flexibility index (Phi) is 7.68. The van der Waals surface area contributed by atoms with Gasteiger partial charge in [-0.2, -0.15) is 0 Å². The van der Waals surface area contributed by atoms with Crippen LogP contribution in [0.25, 0.3) is 0 Å². The van der Waals surface area contributed by atoms with E-state index >= 15 is 0 Å².